The van der Waals surface area contributed by atoms with Crippen LogP contribution < -0.4 is 5.32 Å². The van der Waals surface area contributed by atoms with Gasteiger partial charge in [-0.2, -0.15) is 0 Å². The van der Waals surface area contributed by atoms with E-state index in [4.69, 9.17) is 9.52 Å². The van der Waals surface area contributed by atoms with E-state index in [1.807, 2.05) is 0 Å². The maximum atomic E-state index is 11.9. The molecule has 1 aromatic carbocycles. The highest BCUT2D eigenvalue weighted by atomic mass is 16.4. The van der Waals surface area contributed by atoms with Gasteiger partial charge < -0.3 is 19.7 Å². The van der Waals surface area contributed by atoms with E-state index in [1.165, 1.54) is 17.0 Å². The lowest BCUT2D eigenvalue weighted by molar-refractivity contribution is 0.0696. The van der Waals surface area contributed by atoms with Gasteiger partial charge in [-0.25, -0.2) is 9.59 Å². The molecule has 1 aromatic heterocycles. The number of urea groups is 1. The molecule has 110 valence electrons. The molecular formula is C15H16N2O4. The van der Waals surface area contributed by atoms with Crippen LogP contribution in [0.15, 0.2) is 47.1 Å². The van der Waals surface area contributed by atoms with Crippen LogP contribution in [0.4, 0.5) is 4.79 Å². The topological polar surface area (TPSA) is 82.8 Å². The Kier molecular flexibility index (Phi) is 4.61. The highest BCUT2D eigenvalue weighted by Crippen LogP contribution is 2.06. The Morgan fingerprint density at radius 2 is 2.10 bits per heavy atom. The van der Waals surface area contributed by atoms with Crippen LogP contribution in [0.5, 0.6) is 0 Å². The molecule has 0 aliphatic heterocycles. The molecule has 2 aromatic rings. The smallest absolute Gasteiger partial charge is 0.335 e. The Morgan fingerprint density at radius 1 is 1.29 bits per heavy atom. The van der Waals surface area contributed by atoms with Crippen LogP contribution in [-0.4, -0.2) is 29.1 Å². The minimum absolute atomic E-state index is 0.200. The number of aromatic carboxylic acids is 1. The van der Waals surface area contributed by atoms with E-state index < -0.39 is 5.97 Å². The number of benzene rings is 1. The first kappa shape index (κ1) is 14.6. The Labute approximate surface area is 122 Å². The van der Waals surface area contributed by atoms with E-state index >= 15 is 0 Å². The maximum absolute atomic E-state index is 11.9. The molecule has 0 atom stereocenters. The monoisotopic (exact) mass is 288 g/mol. The number of rotatable bonds is 5. The number of carbonyl (C=O) groups excluding carboxylic acids is 1. The molecule has 21 heavy (non-hydrogen) atoms. The summed E-state index contributed by atoms with van der Waals surface area (Å²) < 4.78 is 5.17. The summed E-state index contributed by atoms with van der Waals surface area (Å²) in [6.07, 6.45) is 1.55. The summed E-state index contributed by atoms with van der Waals surface area (Å²) in [5.74, 6) is -0.293. The summed E-state index contributed by atoms with van der Waals surface area (Å²) in [6.45, 7) is 0.635. The van der Waals surface area contributed by atoms with Crippen molar-refractivity contribution in [1.82, 2.24) is 10.2 Å². The van der Waals surface area contributed by atoms with Gasteiger partial charge >= 0.3 is 12.0 Å². The van der Waals surface area contributed by atoms with Crippen molar-refractivity contribution in [2.24, 2.45) is 0 Å². The fraction of sp³-hybridized carbons (Fsp3) is 0.200. The van der Waals surface area contributed by atoms with Gasteiger partial charge in [0, 0.05) is 13.6 Å². The molecule has 0 unspecified atom stereocenters. The van der Waals surface area contributed by atoms with Crippen molar-refractivity contribution in [2.75, 3.05) is 7.05 Å². The number of carboxylic acids is 1. The van der Waals surface area contributed by atoms with Gasteiger partial charge in [0.15, 0.2) is 0 Å². The van der Waals surface area contributed by atoms with Crippen LogP contribution in [0.25, 0.3) is 0 Å². The van der Waals surface area contributed by atoms with Gasteiger partial charge in [0.05, 0.1) is 18.4 Å². The van der Waals surface area contributed by atoms with Crippen LogP contribution >= 0.6 is 0 Å². The van der Waals surface area contributed by atoms with Crippen LogP contribution in [0.2, 0.25) is 0 Å². The predicted molar refractivity (Wildman–Crippen MR) is 75.8 cm³/mol. The van der Waals surface area contributed by atoms with E-state index in [2.05, 4.69) is 5.32 Å². The van der Waals surface area contributed by atoms with Crippen molar-refractivity contribution in [3.8, 4) is 0 Å². The molecule has 6 heteroatoms. The number of carbonyl (C=O) groups is 2. The molecule has 6 nitrogen and oxygen atoms in total. The first-order valence-electron chi connectivity index (χ1n) is 6.40. The van der Waals surface area contributed by atoms with Gasteiger partial charge in [0.25, 0.3) is 0 Å². The molecule has 0 radical (unpaired) electrons. The van der Waals surface area contributed by atoms with Crippen LogP contribution in [-0.2, 0) is 13.1 Å². The average Bonchev–Trinajstić information content (AvgIpc) is 2.97. The minimum Gasteiger partial charge on any atom is -0.478 e. The molecule has 0 aliphatic rings. The molecule has 0 fully saturated rings. The van der Waals surface area contributed by atoms with Crippen LogP contribution in [0.3, 0.4) is 0 Å². The van der Waals surface area contributed by atoms with E-state index in [9.17, 15) is 9.59 Å². The van der Waals surface area contributed by atoms with Crippen LogP contribution in [0, 0.1) is 0 Å². The lowest BCUT2D eigenvalue weighted by Crippen LogP contribution is -2.36. The molecule has 2 N–H and O–H groups in total. The fourth-order valence-electron chi connectivity index (χ4n) is 1.84. The number of hydrogen-bond acceptors (Lipinski definition) is 3. The molecule has 2 amide bonds. The van der Waals surface area contributed by atoms with Crippen molar-refractivity contribution < 1.29 is 19.1 Å². The number of furan rings is 1. The lowest BCUT2D eigenvalue weighted by Gasteiger charge is -2.16. The van der Waals surface area contributed by atoms with Gasteiger partial charge in [-0.05, 0) is 29.8 Å². The molecule has 1 heterocycles. The third kappa shape index (κ3) is 4.10. The predicted octanol–water partition coefficient (Wildman–Crippen LogP) is 2.32. The summed E-state index contributed by atoms with van der Waals surface area (Å²) in [5.41, 5.74) is 0.931. The minimum atomic E-state index is -0.988. The number of amides is 2. The Balaban J connectivity index is 1.88. The summed E-state index contributed by atoms with van der Waals surface area (Å²) in [5, 5.41) is 11.6. The summed E-state index contributed by atoms with van der Waals surface area (Å²) in [4.78, 5) is 24.3. The largest absolute Gasteiger partial charge is 0.478 e. The van der Waals surface area contributed by atoms with E-state index in [1.54, 1.807) is 37.6 Å². The molecular weight excluding hydrogens is 272 g/mol. The second-order valence-corrected chi connectivity index (χ2v) is 4.60. The standard InChI is InChI=1S/C15H16N2O4/c1-17(10-13-6-3-7-21-13)15(20)16-9-11-4-2-5-12(8-11)14(18)19/h2-8H,9-10H2,1H3,(H,16,20)(H,18,19). The first-order chi connectivity index (χ1) is 10.1. The molecule has 0 bridgehead atoms. The zero-order chi connectivity index (χ0) is 15.2. The van der Waals surface area contributed by atoms with Gasteiger partial charge in [-0.3, -0.25) is 0 Å². The Hall–Kier alpha value is -2.76. The third-order valence-corrected chi connectivity index (χ3v) is 2.94. The van der Waals surface area contributed by atoms with Crippen molar-refractivity contribution in [2.45, 2.75) is 13.1 Å². The molecule has 2 rings (SSSR count). The van der Waals surface area contributed by atoms with Crippen molar-refractivity contribution in [1.29, 1.82) is 0 Å². The molecule has 0 spiro atoms. The Bertz CT molecular complexity index is 622. The molecule has 0 saturated carbocycles. The highest BCUT2D eigenvalue weighted by Gasteiger charge is 2.10. The van der Waals surface area contributed by atoms with Crippen molar-refractivity contribution in [3.05, 3.63) is 59.5 Å². The zero-order valence-electron chi connectivity index (χ0n) is 11.6. The fourth-order valence-corrected chi connectivity index (χ4v) is 1.84. The molecule has 0 aliphatic carbocycles. The van der Waals surface area contributed by atoms with E-state index in [0.29, 0.717) is 12.3 Å². The Morgan fingerprint density at radius 3 is 2.76 bits per heavy atom. The summed E-state index contributed by atoms with van der Waals surface area (Å²) in [6, 6.07) is 9.76. The van der Waals surface area contributed by atoms with Gasteiger partial charge in [0.1, 0.15) is 5.76 Å². The van der Waals surface area contributed by atoms with E-state index in [0.717, 1.165) is 5.56 Å². The number of nitrogens with zero attached hydrogens (tertiary/aromatic N) is 1. The first-order valence-corrected chi connectivity index (χ1v) is 6.40. The van der Waals surface area contributed by atoms with Crippen molar-refractivity contribution in [3.63, 3.8) is 0 Å². The average molecular weight is 288 g/mol. The van der Waals surface area contributed by atoms with E-state index in [-0.39, 0.29) is 18.1 Å². The lowest BCUT2D eigenvalue weighted by atomic mass is 10.1. The normalized spacial score (nSPS) is 10.1. The maximum Gasteiger partial charge on any atom is 0.335 e. The number of nitrogens with one attached hydrogen (secondary N) is 1. The number of carboxylic acid groups (broad SMARTS) is 1. The second-order valence-electron chi connectivity index (χ2n) is 4.60. The molecule has 0 saturated heterocycles. The van der Waals surface area contributed by atoms with Crippen LogP contribution in [0.1, 0.15) is 21.7 Å². The second kappa shape index (κ2) is 6.60. The highest BCUT2D eigenvalue weighted by molar-refractivity contribution is 5.87. The quantitative estimate of drug-likeness (QED) is 0.884. The third-order valence-electron chi connectivity index (χ3n) is 2.94. The summed E-state index contributed by atoms with van der Waals surface area (Å²) >= 11 is 0. The number of hydrogen-bond donors (Lipinski definition) is 2. The SMILES string of the molecule is CN(Cc1ccco1)C(=O)NCc1cccc(C(=O)O)c1. The van der Waals surface area contributed by atoms with Gasteiger partial charge in [-0.15, -0.1) is 0 Å². The van der Waals surface area contributed by atoms with Gasteiger partial charge in [-0.1, -0.05) is 12.1 Å². The summed E-state index contributed by atoms with van der Waals surface area (Å²) in [7, 11) is 1.66. The zero-order valence-corrected chi connectivity index (χ0v) is 11.6. The van der Waals surface area contributed by atoms with Crippen molar-refractivity contribution >= 4 is 12.0 Å². The van der Waals surface area contributed by atoms with Gasteiger partial charge in [0.2, 0.25) is 0 Å².